The highest BCUT2D eigenvalue weighted by Gasteiger charge is 2.30. The molecular weight excluding hydrogens is 374 g/mol. The van der Waals surface area contributed by atoms with Crippen molar-refractivity contribution >= 4 is 49.6 Å². The van der Waals surface area contributed by atoms with Crippen molar-refractivity contribution < 1.29 is 15.0 Å². The number of thioether (sulfide) groups is 1. The van der Waals surface area contributed by atoms with E-state index in [0.717, 1.165) is 5.56 Å². The van der Waals surface area contributed by atoms with Crippen LogP contribution in [0.15, 0.2) is 21.1 Å². The zero-order valence-corrected chi connectivity index (χ0v) is 12.5. The van der Waals surface area contributed by atoms with Crippen LogP contribution in [0, 0.1) is 0 Å². The molecule has 2 rings (SSSR count). The Balaban J connectivity index is 2.22. The summed E-state index contributed by atoms with van der Waals surface area (Å²) in [6.07, 6.45) is 0. The van der Waals surface area contributed by atoms with Crippen molar-refractivity contribution in [2.45, 2.75) is 11.4 Å². The van der Waals surface area contributed by atoms with E-state index in [1.165, 1.54) is 11.8 Å². The molecule has 2 atom stereocenters. The molecule has 1 aromatic carbocycles. The first-order valence-electron chi connectivity index (χ1n) is 4.77. The topological polar surface area (TPSA) is 69.6 Å². The fourth-order valence-corrected chi connectivity index (χ4v) is 3.98. The lowest BCUT2D eigenvalue weighted by molar-refractivity contribution is -0.138. The van der Waals surface area contributed by atoms with Gasteiger partial charge >= 0.3 is 5.97 Å². The summed E-state index contributed by atoms with van der Waals surface area (Å²) in [4.78, 5) is 10.8. The number of phenolic OH excluding ortho intramolecular Hbond substituents is 1. The minimum Gasteiger partial charge on any atom is -0.506 e. The number of aromatic hydroxyl groups is 1. The van der Waals surface area contributed by atoms with Crippen molar-refractivity contribution in [3.05, 3.63) is 26.6 Å². The zero-order chi connectivity index (χ0) is 12.6. The normalized spacial score (nSPS) is 23.9. The quantitative estimate of drug-likeness (QED) is 0.733. The van der Waals surface area contributed by atoms with E-state index < -0.39 is 12.0 Å². The number of nitrogens with one attached hydrogen (secondary N) is 1. The van der Waals surface area contributed by atoms with Crippen molar-refractivity contribution in [2.24, 2.45) is 0 Å². The molecule has 0 saturated carbocycles. The van der Waals surface area contributed by atoms with E-state index in [2.05, 4.69) is 37.2 Å². The van der Waals surface area contributed by atoms with E-state index in [-0.39, 0.29) is 11.1 Å². The minimum atomic E-state index is -0.836. The number of carboxylic acids is 1. The van der Waals surface area contributed by atoms with Crippen LogP contribution in [0.1, 0.15) is 10.9 Å². The van der Waals surface area contributed by atoms with Gasteiger partial charge in [-0.1, -0.05) is 0 Å². The summed E-state index contributed by atoms with van der Waals surface area (Å²) < 4.78 is 1.17. The van der Waals surface area contributed by atoms with Crippen LogP contribution < -0.4 is 5.32 Å². The van der Waals surface area contributed by atoms with E-state index in [9.17, 15) is 9.90 Å². The number of hydrogen-bond acceptors (Lipinski definition) is 4. The molecular formula is C10H9Br2NO3S. The van der Waals surface area contributed by atoms with Crippen LogP contribution in [0.3, 0.4) is 0 Å². The van der Waals surface area contributed by atoms with Gasteiger partial charge in [0.25, 0.3) is 0 Å². The van der Waals surface area contributed by atoms with E-state index in [0.29, 0.717) is 14.7 Å². The molecule has 7 heteroatoms. The second-order valence-electron chi connectivity index (χ2n) is 3.60. The molecule has 0 spiro atoms. The molecule has 3 N–H and O–H groups in total. The third-order valence-electron chi connectivity index (χ3n) is 2.42. The second-order valence-corrected chi connectivity index (χ2v) is 6.45. The third-order valence-corrected chi connectivity index (χ3v) is 4.90. The molecule has 1 heterocycles. The van der Waals surface area contributed by atoms with Crippen molar-refractivity contribution in [3.63, 3.8) is 0 Å². The van der Waals surface area contributed by atoms with Gasteiger partial charge < -0.3 is 10.2 Å². The first-order valence-corrected chi connectivity index (χ1v) is 7.41. The standard InChI is InChI=1S/C10H9Br2NO3S/c11-5-1-4(2-6(12)8(5)14)9-13-7(3-17-9)10(15)16/h1-2,7,9,13-14H,3H2,(H,15,16)/t7-,9+/m0/s1. The van der Waals surface area contributed by atoms with Crippen molar-refractivity contribution in [3.8, 4) is 5.75 Å². The Hall–Kier alpha value is -0.240. The number of phenols is 1. The van der Waals surface area contributed by atoms with E-state index in [1.807, 2.05) is 0 Å². The molecule has 0 unspecified atom stereocenters. The van der Waals surface area contributed by atoms with Gasteiger partial charge in [-0.05, 0) is 49.6 Å². The minimum absolute atomic E-state index is 0.0655. The third kappa shape index (κ3) is 2.78. The SMILES string of the molecule is O=C(O)[C@@H]1CS[C@H](c2cc(Br)c(O)c(Br)c2)N1. The van der Waals surface area contributed by atoms with Gasteiger partial charge in [-0.15, -0.1) is 11.8 Å². The summed E-state index contributed by atoms with van der Waals surface area (Å²) in [6.45, 7) is 0. The summed E-state index contributed by atoms with van der Waals surface area (Å²) in [5.41, 5.74) is 0.926. The Labute approximate surface area is 119 Å². The van der Waals surface area contributed by atoms with Crippen LogP contribution in [0.4, 0.5) is 0 Å². The van der Waals surface area contributed by atoms with Gasteiger partial charge in [-0.3, -0.25) is 10.1 Å². The maximum atomic E-state index is 10.8. The monoisotopic (exact) mass is 381 g/mol. The van der Waals surface area contributed by atoms with E-state index in [4.69, 9.17) is 5.11 Å². The summed E-state index contributed by atoms with van der Waals surface area (Å²) >= 11 is 8.05. The van der Waals surface area contributed by atoms with Crippen LogP contribution in [-0.4, -0.2) is 28.0 Å². The van der Waals surface area contributed by atoms with Crippen LogP contribution in [0.2, 0.25) is 0 Å². The number of carboxylic acid groups (broad SMARTS) is 1. The second kappa shape index (κ2) is 5.17. The van der Waals surface area contributed by atoms with Gasteiger partial charge in [0.1, 0.15) is 11.8 Å². The molecule has 0 aliphatic carbocycles. The van der Waals surface area contributed by atoms with Crippen LogP contribution in [0.5, 0.6) is 5.75 Å². The molecule has 1 saturated heterocycles. The molecule has 1 aromatic rings. The van der Waals surface area contributed by atoms with E-state index in [1.54, 1.807) is 12.1 Å². The average molecular weight is 383 g/mol. The highest BCUT2D eigenvalue weighted by molar-refractivity contribution is 9.11. The predicted octanol–water partition coefficient (Wildman–Crippen LogP) is 2.71. The number of halogens is 2. The molecule has 92 valence electrons. The summed E-state index contributed by atoms with van der Waals surface area (Å²) in [7, 11) is 0. The van der Waals surface area contributed by atoms with Gasteiger partial charge in [-0.2, -0.15) is 0 Å². The fraction of sp³-hybridized carbons (Fsp3) is 0.300. The molecule has 0 aromatic heterocycles. The molecule has 1 aliphatic heterocycles. The first-order chi connectivity index (χ1) is 7.99. The highest BCUT2D eigenvalue weighted by atomic mass is 79.9. The Morgan fingerprint density at radius 3 is 2.47 bits per heavy atom. The smallest absolute Gasteiger partial charge is 0.321 e. The lowest BCUT2D eigenvalue weighted by Gasteiger charge is -2.13. The summed E-state index contributed by atoms with van der Waals surface area (Å²) in [5.74, 6) is -0.153. The first kappa shape index (κ1) is 13.2. The number of aliphatic carboxylic acids is 1. The molecule has 17 heavy (non-hydrogen) atoms. The number of benzene rings is 1. The molecule has 4 nitrogen and oxygen atoms in total. The number of carbonyl (C=O) groups is 1. The van der Waals surface area contributed by atoms with Crippen LogP contribution in [-0.2, 0) is 4.79 Å². The fourth-order valence-electron chi connectivity index (χ4n) is 1.54. The van der Waals surface area contributed by atoms with Gasteiger partial charge in [0.2, 0.25) is 0 Å². The van der Waals surface area contributed by atoms with Crippen molar-refractivity contribution in [1.82, 2.24) is 5.32 Å². The molecule has 0 amide bonds. The molecule has 1 aliphatic rings. The number of hydrogen-bond donors (Lipinski definition) is 3. The van der Waals surface area contributed by atoms with Crippen molar-refractivity contribution in [1.29, 1.82) is 0 Å². The van der Waals surface area contributed by atoms with Gasteiger partial charge in [0.05, 0.1) is 14.3 Å². The summed E-state index contributed by atoms with van der Waals surface area (Å²) in [5, 5.41) is 21.5. The van der Waals surface area contributed by atoms with Gasteiger partial charge in [0, 0.05) is 5.75 Å². The lowest BCUT2D eigenvalue weighted by Crippen LogP contribution is -2.33. The maximum Gasteiger partial charge on any atom is 0.321 e. The average Bonchev–Trinajstić information content (AvgIpc) is 2.74. The highest BCUT2D eigenvalue weighted by Crippen LogP contribution is 2.39. The summed E-state index contributed by atoms with van der Waals surface area (Å²) in [6, 6.07) is 3.06. The largest absolute Gasteiger partial charge is 0.506 e. The maximum absolute atomic E-state index is 10.8. The number of rotatable bonds is 2. The Morgan fingerprint density at radius 2 is 2.00 bits per heavy atom. The molecule has 1 fully saturated rings. The van der Waals surface area contributed by atoms with Gasteiger partial charge in [-0.25, -0.2) is 0 Å². The molecule has 0 bridgehead atoms. The zero-order valence-electron chi connectivity index (χ0n) is 8.48. The Bertz CT molecular complexity index is 446. The van der Waals surface area contributed by atoms with Crippen LogP contribution >= 0.6 is 43.6 Å². The lowest BCUT2D eigenvalue weighted by atomic mass is 10.2. The Morgan fingerprint density at radius 1 is 1.41 bits per heavy atom. The van der Waals surface area contributed by atoms with E-state index >= 15 is 0 Å². The van der Waals surface area contributed by atoms with Crippen molar-refractivity contribution in [2.75, 3.05) is 5.75 Å². The Kier molecular flexibility index (Phi) is 4.02. The van der Waals surface area contributed by atoms with Gasteiger partial charge in [0.15, 0.2) is 0 Å². The predicted molar refractivity (Wildman–Crippen MR) is 73.3 cm³/mol. The van der Waals surface area contributed by atoms with Crippen LogP contribution in [0.25, 0.3) is 0 Å². The molecule has 0 radical (unpaired) electrons.